The summed E-state index contributed by atoms with van der Waals surface area (Å²) >= 11 is 0. The highest BCUT2D eigenvalue weighted by Gasteiger charge is 2.21. The van der Waals surface area contributed by atoms with E-state index in [1.807, 2.05) is 13.8 Å². The number of halogens is 1. The number of methoxy groups -OCH3 is 1. The van der Waals surface area contributed by atoms with Crippen molar-refractivity contribution in [1.29, 1.82) is 0 Å². The lowest BCUT2D eigenvalue weighted by Crippen LogP contribution is -2.41. The van der Waals surface area contributed by atoms with Gasteiger partial charge in [-0.3, -0.25) is 18.7 Å². The van der Waals surface area contributed by atoms with Crippen LogP contribution in [-0.2, 0) is 16.1 Å². The van der Waals surface area contributed by atoms with Crippen molar-refractivity contribution in [3.8, 4) is 0 Å². The molecule has 0 bridgehead atoms. The van der Waals surface area contributed by atoms with E-state index in [0.717, 1.165) is 30.3 Å². The number of carbonyl (C=O) groups excluding carboxylic acids is 1. The quantitative estimate of drug-likeness (QED) is 0.671. The lowest BCUT2D eigenvalue weighted by molar-refractivity contribution is -0.145. The van der Waals surface area contributed by atoms with Crippen LogP contribution in [0.3, 0.4) is 0 Å². The van der Waals surface area contributed by atoms with Gasteiger partial charge in [-0.1, -0.05) is 26.2 Å². The molecule has 0 aliphatic heterocycles. The summed E-state index contributed by atoms with van der Waals surface area (Å²) in [4.78, 5) is 37.9. The molecule has 1 aliphatic carbocycles. The van der Waals surface area contributed by atoms with Crippen LogP contribution in [0, 0.1) is 11.7 Å². The minimum Gasteiger partial charge on any atom is -0.469 e. The van der Waals surface area contributed by atoms with Crippen LogP contribution in [0.25, 0.3) is 10.9 Å². The van der Waals surface area contributed by atoms with Crippen LogP contribution in [0.15, 0.2) is 21.7 Å². The Morgan fingerprint density at radius 3 is 2.48 bits per heavy atom. The Kier molecular flexibility index (Phi) is 7.18. The highest BCUT2D eigenvalue weighted by Crippen LogP contribution is 2.26. The van der Waals surface area contributed by atoms with Crippen LogP contribution >= 0.6 is 0 Å². The topological polar surface area (TPSA) is 82.3 Å². The van der Waals surface area contributed by atoms with Crippen molar-refractivity contribution < 1.29 is 13.9 Å². The average molecular weight is 434 g/mol. The largest absolute Gasteiger partial charge is 0.469 e. The number of nitrogens with one attached hydrogen (secondary N) is 1. The van der Waals surface area contributed by atoms with E-state index in [-0.39, 0.29) is 30.4 Å². The van der Waals surface area contributed by atoms with E-state index in [1.165, 1.54) is 24.2 Å². The van der Waals surface area contributed by atoms with Gasteiger partial charge in [-0.25, -0.2) is 9.18 Å². The van der Waals surface area contributed by atoms with Gasteiger partial charge in [0.1, 0.15) is 5.82 Å². The molecule has 2 aromatic rings. The first kappa shape index (κ1) is 23.0. The van der Waals surface area contributed by atoms with Crippen LogP contribution in [-0.4, -0.2) is 28.3 Å². The molecule has 0 radical (unpaired) electrons. The molecule has 0 spiro atoms. The Hall–Kier alpha value is -2.64. The highest BCUT2D eigenvalue weighted by molar-refractivity contribution is 5.82. The zero-order valence-corrected chi connectivity index (χ0v) is 18.7. The number of rotatable bonds is 7. The smallest absolute Gasteiger partial charge is 0.331 e. The minimum atomic E-state index is -0.544. The third-order valence-electron chi connectivity index (χ3n) is 6.13. The molecule has 7 nitrogen and oxygen atoms in total. The van der Waals surface area contributed by atoms with Crippen molar-refractivity contribution in [2.75, 3.05) is 12.4 Å². The fourth-order valence-corrected chi connectivity index (χ4v) is 4.31. The van der Waals surface area contributed by atoms with Crippen LogP contribution in [0.4, 0.5) is 10.1 Å². The second-order valence-corrected chi connectivity index (χ2v) is 8.74. The van der Waals surface area contributed by atoms with Gasteiger partial charge in [0.15, 0.2) is 0 Å². The van der Waals surface area contributed by atoms with Gasteiger partial charge in [0.25, 0.3) is 5.56 Å². The number of carbonyl (C=O) groups is 1. The number of hydrogen-bond acceptors (Lipinski definition) is 5. The van der Waals surface area contributed by atoms with Crippen molar-refractivity contribution >= 4 is 22.6 Å². The van der Waals surface area contributed by atoms with E-state index >= 15 is 0 Å². The second kappa shape index (κ2) is 9.66. The zero-order chi connectivity index (χ0) is 22.7. The van der Waals surface area contributed by atoms with Crippen molar-refractivity contribution in [3.63, 3.8) is 0 Å². The molecular formula is C23H32FN3O4. The molecule has 170 valence electrons. The van der Waals surface area contributed by atoms with Crippen molar-refractivity contribution in [1.82, 2.24) is 9.13 Å². The molecule has 1 aromatic heterocycles. The third-order valence-corrected chi connectivity index (χ3v) is 6.13. The van der Waals surface area contributed by atoms with E-state index < -0.39 is 29.0 Å². The molecule has 0 saturated heterocycles. The number of anilines is 1. The Morgan fingerprint density at radius 1 is 1.19 bits per heavy atom. The molecule has 1 aliphatic rings. The number of fused-ring (bicyclic) bond motifs is 1. The monoisotopic (exact) mass is 433 g/mol. The molecular weight excluding hydrogens is 401 g/mol. The van der Waals surface area contributed by atoms with Crippen molar-refractivity contribution in [2.45, 2.75) is 77.9 Å². The lowest BCUT2D eigenvalue weighted by atomic mass is 9.95. The lowest BCUT2D eigenvalue weighted by Gasteiger charge is -2.25. The van der Waals surface area contributed by atoms with Crippen LogP contribution in [0.1, 0.15) is 65.3 Å². The van der Waals surface area contributed by atoms with Crippen LogP contribution in [0.2, 0.25) is 0 Å². The summed E-state index contributed by atoms with van der Waals surface area (Å²) in [5.41, 5.74) is -0.261. The Morgan fingerprint density at radius 2 is 1.87 bits per heavy atom. The van der Waals surface area contributed by atoms with Crippen LogP contribution in [0.5, 0.6) is 0 Å². The van der Waals surface area contributed by atoms with Gasteiger partial charge in [-0.15, -0.1) is 0 Å². The van der Waals surface area contributed by atoms with E-state index in [4.69, 9.17) is 4.74 Å². The maximum absolute atomic E-state index is 14.9. The Labute approximate surface area is 181 Å². The predicted molar refractivity (Wildman–Crippen MR) is 119 cm³/mol. The number of esters is 1. The van der Waals surface area contributed by atoms with E-state index in [0.29, 0.717) is 11.2 Å². The summed E-state index contributed by atoms with van der Waals surface area (Å²) < 4.78 is 22.3. The highest BCUT2D eigenvalue weighted by atomic mass is 19.1. The molecule has 1 fully saturated rings. The molecule has 1 heterocycles. The number of aromatic nitrogens is 2. The normalized spacial score (nSPS) is 15.9. The maximum Gasteiger partial charge on any atom is 0.331 e. The maximum atomic E-state index is 14.9. The van der Waals surface area contributed by atoms with Gasteiger partial charge >= 0.3 is 11.7 Å². The molecule has 0 amide bonds. The zero-order valence-electron chi connectivity index (χ0n) is 18.7. The standard InChI is InChI=1S/C23H32FN3O4/c1-14(2)27-20-13-19(25-16-8-6-5-7-9-16)18(24)12-17(20)21(28)26(23(27)30)11-10-15(3)22(29)31-4/h12-16,25H,5-11H2,1-4H3. The Balaban J connectivity index is 2.06. The summed E-state index contributed by atoms with van der Waals surface area (Å²) in [6.45, 7) is 5.44. The van der Waals surface area contributed by atoms with Gasteiger partial charge in [0.2, 0.25) is 0 Å². The summed E-state index contributed by atoms with van der Waals surface area (Å²) in [6.07, 6.45) is 5.65. The molecule has 3 rings (SSSR count). The van der Waals surface area contributed by atoms with Crippen molar-refractivity contribution in [2.24, 2.45) is 5.92 Å². The molecule has 1 N–H and O–H groups in total. The van der Waals surface area contributed by atoms with E-state index in [2.05, 4.69) is 5.32 Å². The number of hydrogen-bond donors (Lipinski definition) is 1. The third kappa shape index (κ3) is 4.83. The summed E-state index contributed by atoms with van der Waals surface area (Å²) in [6, 6.07) is 2.78. The SMILES string of the molecule is COC(=O)C(C)CCn1c(=O)c2cc(F)c(NC3CCCCC3)cc2n(C(C)C)c1=O. The van der Waals surface area contributed by atoms with Gasteiger partial charge in [0, 0.05) is 18.6 Å². The first-order valence-corrected chi connectivity index (χ1v) is 11.1. The molecule has 8 heteroatoms. The molecule has 1 atom stereocenters. The molecule has 1 saturated carbocycles. The summed E-state index contributed by atoms with van der Waals surface area (Å²) in [5.74, 6) is -1.36. The minimum absolute atomic E-state index is 0.0558. The van der Waals surface area contributed by atoms with Crippen LogP contribution < -0.4 is 16.6 Å². The van der Waals surface area contributed by atoms with Crippen molar-refractivity contribution in [3.05, 3.63) is 38.8 Å². The number of nitrogens with zero attached hydrogens (tertiary/aromatic N) is 2. The Bertz CT molecular complexity index is 1070. The average Bonchev–Trinajstić information content (AvgIpc) is 2.74. The fourth-order valence-electron chi connectivity index (χ4n) is 4.31. The van der Waals surface area contributed by atoms with E-state index in [1.54, 1.807) is 13.0 Å². The fraction of sp³-hybridized carbons (Fsp3) is 0.609. The van der Waals surface area contributed by atoms with Gasteiger partial charge in [0.05, 0.1) is 29.6 Å². The summed E-state index contributed by atoms with van der Waals surface area (Å²) in [7, 11) is 1.30. The van der Waals surface area contributed by atoms with Gasteiger partial charge in [-0.05, 0) is 45.2 Å². The predicted octanol–water partition coefficient (Wildman–Crippen LogP) is 3.83. The molecule has 1 aromatic carbocycles. The first-order chi connectivity index (χ1) is 14.7. The number of ether oxygens (including phenoxy) is 1. The molecule has 1 unspecified atom stereocenters. The molecule has 31 heavy (non-hydrogen) atoms. The second-order valence-electron chi connectivity index (χ2n) is 8.74. The van der Waals surface area contributed by atoms with E-state index in [9.17, 15) is 18.8 Å². The van der Waals surface area contributed by atoms with Gasteiger partial charge in [-0.2, -0.15) is 0 Å². The van der Waals surface area contributed by atoms with Gasteiger partial charge < -0.3 is 10.1 Å². The first-order valence-electron chi connectivity index (χ1n) is 11.1. The summed E-state index contributed by atoms with van der Waals surface area (Å²) in [5, 5.41) is 3.43. The number of benzene rings is 1.